The Morgan fingerprint density at radius 2 is 1.76 bits per heavy atom. The Bertz CT molecular complexity index is 2770. The summed E-state index contributed by atoms with van der Waals surface area (Å²) in [6, 6.07) is 37.7. The summed E-state index contributed by atoms with van der Waals surface area (Å²) in [5, 5.41) is 14.6. The van der Waals surface area contributed by atoms with Gasteiger partial charge in [-0.15, -0.1) is 0 Å². The van der Waals surface area contributed by atoms with Crippen molar-refractivity contribution < 1.29 is 36.9 Å². The fourth-order valence-electron chi connectivity index (χ4n) is 8.25. The third-order valence-electron chi connectivity index (χ3n) is 11.5. The van der Waals surface area contributed by atoms with E-state index in [1.165, 1.54) is 15.8 Å². The van der Waals surface area contributed by atoms with E-state index < -0.39 is 27.9 Å². The number of unbranched alkanes of at least 4 members (excludes halogenated alkanes) is 1. The van der Waals surface area contributed by atoms with Gasteiger partial charge in [0.15, 0.2) is 12.3 Å². The first-order chi connectivity index (χ1) is 30.5. The average molecular weight is 885 g/mol. The number of nitrogens with zero attached hydrogens (tertiary/aromatic N) is 3. The number of ether oxygens (including phenoxy) is 2. The summed E-state index contributed by atoms with van der Waals surface area (Å²) >= 11 is 1.75. The summed E-state index contributed by atoms with van der Waals surface area (Å²) in [6.45, 7) is 6.96. The van der Waals surface area contributed by atoms with Crippen molar-refractivity contribution in [2.45, 2.75) is 65.1 Å². The molecule has 11 nitrogen and oxygen atoms in total. The highest BCUT2D eigenvalue weighted by atomic mass is 32.2. The molecule has 2 N–H and O–H groups in total. The number of hydrogen-bond donors (Lipinski definition) is 2. The van der Waals surface area contributed by atoms with Gasteiger partial charge >= 0.3 is 5.97 Å². The Hall–Kier alpha value is -5.99. The molecule has 1 atom stereocenters. The minimum Gasteiger partial charge on any atom is -0.748 e. The lowest BCUT2D eigenvalue weighted by Crippen LogP contribution is -2.45. The molecular formula is C50H52N4O7S2. The second kappa shape index (κ2) is 19.6. The van der Waals surface area contributed by atoms with Crippen LogP contribution in [-0.2, 0) is 34.4 Å². The second-order valence-corrected chi connectivity index (χ2v) is 18.6. The molecule has 0 amide bonds. The quantitative estimate of drug-likeness (QED) is 0.0373. The van der Waals surface area contributed by atoms with Crippen molar-refractivity contribution in [3.05, 3.63) is 154 Å². The molecule has 0 saturated carbocycles. The predicted octanol–water partition coefficient (Wildman–Crippen LogP) is 9.06. The average Bonchev–Trinajstić information content (AvgIpc) is 3.80. The van der Waals surface area contributed by atoms with Crippen LogP contribution < -0.4 is 29.2 Å². The van der Waals surface area contributed by atoms with Gasteiger partial charge in [0, 0.05) is 61.7 Å². The maximum atomic E-state index is 12.3. The summed E-state index contributed by atoms with van der Waals surface area (Å²) in [5.74, 6) is 0.661. The van der Waals surface area contributed by atoms with Crippen molar-refractivity contribution in [3.63, 3.8) is 0 Å². The Morgan fingerprint density at radius 1 is 0.952 bits per heavy atom. The Kier molecular flexibility index (Phi) is 13.6. The number of thiazole rings is 1. The number of allylic oxidation sites excluding steroid dienone is 2. The van der Waals surface area contributed by atoms with Crippen molar-refractivity contribution in [1.29, 1.82) is 0 Å². The molecule has 8 rings (SSSR count). The molecule has 2 aliphatic rings. The molecule has 1 aromatic heterocycles. The van der Waals surface area contributed by atoms with Gasteiger partial charge in [-0.25, -0.2) is 13.2 Å². The maximum Gasteiger partial charge on any atom is 0.326 e. The monoisotopic (exact) mass is 884 g/mol. The van der Waals surface area contributed by atoms with E-state index in [2.05, 4.69) is 60.1 Å². The third-order valence-corrected chi connectivity index (χ3v) is 13.4. The summed E-state index contributed by atoms with van der Waals surface area (Å²) < 4.78 is 50.8. The number of aryl methyl sites for hydroxylation is 2. The smallest absolute Gasteiger partial charge is 0.326 e. The van der Waals surface area contributed by atoms with E-state index in [0.29, 0.717) is 43.6 Å². The number of benzene rings is 5. The van der Waals surface area contributed by atoms with Crippen LogP contribution in [0.2, 0.25) is 0 Å². The highest BCUT2D eigenvalue weighted by Crippen LogP contribution is 2.42. The normalized spacial score (nSPS) is 15.7. The Morgan fingerprint density at radius 3 is 2.56 bits per heavy atom. The lowest BCUT2D eigenvalue weighted by Gasteiger charge is -2.36. The highest BCUT2D eigenvalue weighted by molar-refractivity contribution is 7.85. The number of carboxylic acids is 1. The van der Waals surface area contributed by atoms with Crippen LogP contribution in [0.1, 0.15) is 54.3 Å². The van der Waals surface area contributed by atoms with E-state index in [9.17, 15) is 22.9 Å². The number of carboxylic acid groups (broad SMARTS) is 1. The van der Waals surface area contributed by atoms with Crippen LogP contribution in [0, 0.1) is 6.92 Å². The van der Waals surface area contributed by atoms with Crippen molar-refractivity contribution >= 4 is 55.1 Å². The summed E-state index contributed by atoms with van der Waals surface area (Å²) in [7, 11) is -4.37. The molecule has 0 aliphatic carbocycles. The van der Waals surface area contributed by atoms with Crippen LogP contribution >= 0.6 is 11.3 Å². The van der Waals surface area contributed by atoms with Gasteiger partial charge in [0.05, 0.1) is 15.8 Å². The van der Waals surface area contributed by atoms with E-state index in [4.69, 9.17) is 9.47 Å². The van der Waals surface area contributed by atoms with E-state index in [0.717, 1.165) is 76.6 Å². The summed E-state index contributed by atoms with van der Waals surface area (Å²) in [4.78, 5) is 16.2. The summed E-state index contributed by atoms with van der Waals surface area (Å²) in [6.07, 6.45) is 7.45. The molecule has 1 unspecified atom stereocenters. The molecule has 0 bridgehead atoms. The van der Waals surface area contributed by atoms with Crippen molar-refractivity contribution in [1.82, 2.24) is 5.32 Å². The molecule has 13 heteroatoms. The minimum atomic E-state index is -4.37. The van der Waals surface area contributed by atoms with Gasteiger partial charge in [0.25, 0.3) is 5.01 Å². The van der Waals surface area contributed by atoms with Crippen molar-refractivity contribution in [3.8, 4) is 22.6 Å². The fourth-order valence-corrected chi connectivity index (χ4v) is 9.88. The summed E-state index contributed by atoms with van der Waals surface area (Å²) in [5.41, 5.74) is 9.36. The van der Waals surface area contributed by atoms with Crippen LogP contribution in [-0.4, -0.2) is 55.7 Å². The first-order valence-electron chi connectivity index (χ1n) is 21.5. The zero-order valence-electron chi connectivity index (χ0n) is 35.5. The lowest BCUT2D eigenvalue weighted by atomic mass is 9.93. The predicted molar refractivity (Wildman–Crippen MR) is 249 cm³/mol. The van der Waals surface area contributed by atoms with Crippen molar-refractivity contribution in [2.75, 3.05) is 35.4 Å². The number of rotatable bonds is 18. The Balaban J connectivity index is 0.931. The topological polar surface area (TPSA) is 135 Å². The van der Waals surface area contributed by atoms with Gasteiger partial charge in [-0.2, -0.15) is 4.57 Å². The van der Waals surface area contributed by atoms with Gasteiger partial charge in [-0.3, -0.25) is 5.32 Å². The zero-order chi connectivity index (χ0) is 43.9. The number of fused-ring (bicyclic) bond motifs is 3. The van der Waals surface area contributed by atoms with E-state index in [-0.39, 0.29) is 6.42 Å². The zero-order valence-corrected chi connectivity index (χ0v) is 37.2. The molecule has 3 heterocycles. The fraction of sp³-hybridized carbons (Fsp3) is 0.280. The number of aromatic nitrogens is 1. The SMILES string of the molecule is CCC(/C=C1\Oc2ccc(-c3ccccc3)cc2N1CCCS(=O)(=O)[O-])=C\c1sc2ccc(C)cc2[n+]1CCCCNCOc1cccc(N2Cc3ccccc3CC2C(=O)O)c1. The molecule has 63 heavy (non-hydrogen) atoms. The van der Waals surface area contributed by atoms with Crippen molar-refractivity contribution in [2.24, 2.45) is 0 Å². The van der Waals surface area contributed by atoms with Crippen LogP contribution in [0.25, 0.3) is 27.4 Å². The standard InChI is InChI=1S/C50H52N4O7S2/c1-3-36(28-48-52(25-12-26-63(57,58)59)43-30-39(20-21-46(43)61-48)37-13-5-4-6-14-37)29-49-53(44-27-35(2)19-22-47(44)62-49)24-10-9-23-51-34-60-42-18-11-17-41(32-42)54-33-40-16-8-7-15-38(40)31-45(54)50(55)56/h4-8,11,13-22,27-30,32,45,51H,3,9-10,12,23-26,31,33-34H2,1-2H3,(H-,55,56,57,58,59). The first-order valence-corrected chi connectivity index (χ1v) is 23.9. The Labute approximate surface area is 373 Å². The number of aliphatic carboxylic acids is 1. The van der Waals surface area contributed by atoms with E-state index in [1.54, 1.807) is 11.3 Å². The van der Waals surface area contributed by atoms with Gasteiger partial charge in [0.1, 0.15) is 23.2 Å². The molecule has 326 valence electrons. The third kappa shape index (κ3) is 10.6. The highest BCUT2D eigenvalue weighted by Gasteiger charge is 2.32. The molecule has 0 fully saturated rings. The molecule has 6 aromatic rings. The number of hydrogen-bond acceptors (Lipinski definition) is 10. The van der Waals surface area contributed by atoms with Crippen LogP contribution in [0.3, 0.4) is 0 Å². The molecule has 0 saturated heterocycles. The second-order valence-electron chi connectivity index (χ2n) is 16.0. The molecule has 5 aromatic carbocycles. The molecule has 2 aliphatic heterocycles. The largest absolute Gasteiger partial charge is 0.748 e. The number of carbonyl (C=O) groups is 1. The number of nitrogens with one attached hydrogen (secondary N) is 1. The first kappa shape index (κ1) is 43.7. The molecular weight excluding hydrogens is 833 g/mol. The maximum absolute atomic E-state index is 12.3. The number of anilines is 2. The molecule has 0 spiro atoms. The van der Waals surface area contributed by atoms with E-state index >= 15 is 0 Å². The lowest BCUT2D eigenvalue weighted by molar-refractivity contribution is -0.669. The van der Waals surface area contributed by atoms with Gasteiger partial charge in [-0.1, -0.05) is 91.1 Å². The minimum absolute atomic E-state index is 0.167. The molecule has 0 radical (unpaired) electrons. The van der Waals surface area contributed by atoms with Crippen LogP contribution in [0.4, 0.5) is 11.4 Å². The van der Waals surface area contributed by atoms with Gasteiger partial charge < -0.3 is 28.9 Å². The van der Waals surface area contributed by atoms with E-state index in [1.807, 2.05) is 101 Å². The van der Waals surface area contributed by atoms with Crippen LogP contribution in [0.15, 0.2) is 133 Å². The van der Waals surface area contributed by atoms with Gasteiger partial charge in [-0.05, 0) is 96.5 Å². The van der Waals surface area contributed by atoms with Crippen LogP contribution in [0.5, 0.6) is 11.5 Å². The van der Waals surface area contributed by atoms with Gasteiger partial charge in [0.2, 0.25) is 11.4 Å².